The smallest absolute Gasteiger partial charge is 0.125 e. The lowest BCUT2D eigenvalue weighted by Gasteiger charge is -1.98. The van der Waals surface area contributed by atoms with Crippen molar-refractivity contribution < 1.29 is 4.39 Å². The fourth-order valence-corrected chi connectivity index (χ4v) is 3.32. The lowest BCUT2D eigenvalue weighted by atomic mass is 10.1. The van der Waals surface area contributed by atoms with Gasteiger partial charge in [0, 0.05) is 14.6 Å². The third-order valence-electron chi connectivity index (χ3n) is 2.05. The SMILES string of the molecule is CCc1csc2cc(F)cc(Br)c12. The number of thiophene rings is 1. The van der Waals surface area contributed by atoms with Crippen LogP contribution in [-0.4, -0.2) is 0 Å². The summed E-state index contributed by atoms with van der Waals surface area (Å²) in [6.45, 7) is 2.11. The standard InChI is InChI=1S/C10H8BrFS/c1-2-6-5-13-9-4-7(12)3-8(11)10(6)9/h3-5H,2H2,1H3. The van der Waals surface area contributed by atoms with Crippen LogP contribution < -0.4 is 0 Å². The van der Waals surface area contributed by atoms with Gasteiger partial charge < -0.3 is 0 Å². The summed E-state index contributed by atoms with van der Waals surface area (Å²) >= 11 is 4.98. The second-order valence-electron chi connectivity index (χ2n) is 2.88. The van der Waals surface area contributed by atoms with Crippen LogP contribution in [0.4, 0.5) is 4.39 Å². The van der Waals surface area contributed by atoms with Crippen LogP contribution in [-0.2, 0) is 6.42 Å². The van der Waals surface area contributed by atoms with E-state index in [1.54, 1.807) is 17.4 Å². The number of benzene rings is 1. The van der Waals surface area contributed by atoms with E-state index in [-0.39, 0.29) is 5.82 Å². The van der Waals surface area contributed by atoms with E-state index in [9.17, 15) is 4.39 Å². The molecule has 0 nitrogen and oxygen atoms in total. The van der Waals surface area contributed by atoms with Crippen LogP contribution >= 0.6 is 27.3 Å². The monoisotopic (exact) mass is 258 g/mol. The number of hydrogen-bond donors (Lipinski definition) is 0. The summed E-state index contributed by atoms with van der Waals surface area (Å²) in [7, 11) is 0. The average molecular weight is 259 g/mol. The van der Waals surface area contributed by atoms with Crippen molar-refractivity contribution in [3.8, 4) is 0 Å². The minimum Gasteiger partial charge on any atom is -0.207 e. The van der Waals surface area contributed by atoms with Crippen molar-refractivity contribution in [3.05, 3.63) is 33.4 Å². The predicted octanol–water partition coefficient (Wildman–Crippen LogP) is 4.37. The molecule has 0 amide bonds. The Kier molecular flexibility index (Phi) is 2.39. The molecule has 0 aliphatic heterocycles. The zero-order chi connectivity index (χ0) is 9.42. The summed E-state index contributed by atoms with van der Waals surface area (Å²) in [6.07, 6.45) is 0.990. The molecule has 0 bridgehead atoms. The Morgan fingerprint density at radius 1 is 1.46 bits per heavy atom. The van der Waals surface area contributed by atoms with Crippen molar-refractivity contribution in [3.63, 3.8) is 0 Å². The van der Waals surface area contributed by atoms with Crippen LogP contribution in [0.15, 0.2) is 22.0 Å². The molecule has 1 aromatic heterocycles. The molecule has 0 saturated carbocycles. The van der Waals surface area contributed by atoms with E-state index in [0.717, 1.165) is 21.0 Å². The van der Waals surface area contributed by atoms with Crippen molar-refractivity contribution in [1.82, 2.24) is 0 Å². The van der Waals surface area contributed by atoms with Crippen molar-refractivity contribution in [1.29, 1.82) is 0 Å². The summed E-state index contributed by atoms with van der Waals surface area (Å²) < 4.78 is 14.9. The third-order valence-corrected chi connectivity index (χ3v) is 3.65. The molecule has 0 saturated heterocycles. The average Bonchev–Trinajstić information content (AvgIpc) is 2.47. The number of rotatable bonds is 1. The molecule has 3 heteroatoms. The molecule has 1 aromatic carbocycles. The van der Waals surface area contributed by atoms with Crippen molar-refractivity contribution in [2.45, 2.75) is 13.3 Å². The Balaban J connectivity index is 2.82. The van der Waals surface area contributed by atoms with Gasteiger partial charge in [-0.25, -0.2) is 4.39 Å². The summed E-state index contributed by atoms with van der Waals surface area (Å²) in [5.74, 6) is -0.177. The van der Waals surface area contributed by atoms with Crippen LogP contribution in [0.1, 0.15) is 12.5 Å². The zero-order valence-corrected chi connectivity index (χ0v) is 9.51. The van der Waals surface area contributed by atoms with Gasteiger partial charge in [-0.1, -0.05) is 22.9 Å². The Hall–Kier alpha value is -0.410. The summed E-state index contributed by atoms with van der Waals surface area (Å²) in [5.41, 5.74) is 1.28. The Labute approximate surface area is 88.5 Å². The number of aryl methyl sites for hydroxylation is 1. The molecule has 0 unspecified atom stereocenters. The summed E-state index contributed by atoms with van der Waals surface area (Å²) in [4.78, 5) is 0. The van der Waals surface area contributed by atoms with E-state index in [4.69, 9.17) is 0 Å². The molecule has 13 heavy (non-hydrogen) atoms. The molecule has 0 spiro atoms. The fraction of sp³-hybridized carbons (Fsp3) is 0.200. The van der Waals surface area contributed by atoms with E-state index in [2.05, 4.69) is 28.2 Å². The molecule has 0 atom stereocenters. The molecule has 1 heterocycles. The van der Waals surface area contributed by atoms with Gasteiger partial charge in [0.1, 0.15) is 5.82 Å². The topological polar surface area (TPSA) is 0 Å². The van der Waals surface area contributed by atoms with Crippen LogP contribution in [0.5, 0.6) is 0 Å². The van der Waals surface area contributed by atoms with Crippen LogP contribution in [0.2, 0.25) is 0 Å². The van der Waals surface area contributed by atoms with Crippen molar-refractivity contribution in [2.75, 3.05) is 0 Å². The molecular weight excluding hydrogens is 251 g/mol. The second-order valence-corrected chi connectivity index (χ2v) is 4.64. The molecule has 2 rings (SSSR count). The quantitative estimate of drug-likeness (QED) is 0.713. The molecule has 2 aromatic rings. The maximum absolute atomic E-state index is 13.0. The maximum Gasteiger partial charge on any atom is 0.125 e. The highest BCUT2D eigenvalue weighted by Gasteiger charge is 2.07. The van der Waals surface area contributed by atoms with Gasteiger partial charge in [0.05, 0.1) is 0 Å². The van der Waals surface area contributed by atoms with Gasteiger partial charge in [0.2, 0.25) is 0 Å². The Bertz CT molecular complexity index is 447. The normalized spacial score (nSPS) is 11.0. The van der Waals surface area contributed by atoms with Gasteiger partial charge in [0.25, 0.3) is 0 Å². The van der Waals surface area contributed by atoms with E-state index in [1.165, 1.54) is 11.6 Å². The first-order chi connectivity index (χ1) is 6.22. The number of halogens is 2. The predicted molar refractivity (Wildman–Crippen MR) is 58.9 cm³/mol. The van der Waals surface area contributed by atoms with Crippen LogP contribution in [0.25, 0.3) is 10.1 Å². The van der Waals surface area contributed by atoms with Gasteiger partial charge in [0.15, 0.2) is 0 Å². The van der Waals surface area contributed by atoms with Gasteiger partial charge >= 0.3 is 0 Å². The van der Waals surface area contributed by atoms with Gasteiger partial charge in [-0.3, -0.25) is 0 Å². The minimum absolute atomic E-state index is 0.177. The third kappa shape index (κ3) is 1.51. The van der Waals surface area contributed by atoms with Gasteiger partial charge in [-0.2, -0.15) is 0 Å². The first-order valence-corrected chi connectivity index (χ1v) is 5.74. The van der Waals surface area contributed by atoms with E-state index in [0.29, 0.717) is 0 Å². The van der Waals surface area contributed by atoms with E-state index < -0.39 is 0 Å². The molecule has 68 valence electrons. The summed E-state index contributed by atoms with van der Waals surface area (Å²) in [6, 6.07) is 3.11. The molecular formula is C10H8BrFS. The Morgan fingerprint density at radius 2 is 2.23 bits per heavy atom. The number of fused-ring (bicyclic) bond motifs is 1. The largest absolute Gasteiger partial charge is 0.207 e. The van der Waals surface area contributed by atoms with E-state index in [1.807, 2.05) is 0 Å². The van der Waals surface area contributed by atoms with Gasteiger partial charge in [-0.05, 0) is 29.5 Å². The van der Waals surface area contributed by atoms with Crippen molar-refractivity contribution in [2.24, 2.45) is 0 Å². The highest BCUT2D eigenvalue weighted by atomic mass is 79.9. The number of hydrogen-bond acceptors (Lipinski definition) is 1. The highest BCUT2D eigenvalue weighted by molar-refractivity contribution is 9.10. The Morgan fingerprint density at radius 3 is 2.92 bits per heavy atom. The molecule has 0 aliphatic carbocycles. The molecule has 0 aliphatic rings. The molecule has 0 fully saturated rings. The molecule has 0 N–H and O–H groups in total. The van der Waals surface area contributed by atoms with E-state index >= 15 is 0 Å². The second kappa shape index (κ2) is 3.39. The maximum atomic E-state index is 13.0. The van der Waals surface area contributed by atoms with Crippen molar-refractivity contribution >= 4 is 37.4 Å². The minimum atomic E-state index is -0.177. The highest BCUT2D eigenvalue weighted by Crippen LogP contribution is 2.33. The fourth-order valence-electron chi connectivity index (χ4n) is 1.41. The lowest BCUT2D eigenvalue weighted by molar-refractivity contribution is 0.629. The van der Waals surface area contributed by atoms with Crippen LogP contribution in [0.3, 0.4) is 0 Å². The first-order valence-electron chi connectivity index (χ1n) is 4.07. The first kappa shape index (κ1) is 9.16. The molecule has 0 radical (unpaired) electrons. The summed E-state index contributed by atoms with van der Waals surface area (Å²) in [5, 5.41) is 3.25. The zero-order valence-electron chi connectivity index (χ0n) is 7.10. The van der Waals surface area contributed by atoms with Crippen LogP contribution in [0, 0.1) is 5.82 Å². The van der Waals surface area contributed by atoms with Gasteiger partial charge in [-0.15, -0.1) is 11.3 Å². The lowest BCUT2D eigenvalue weighted by Crippen LogP contribution is -1.79.